The standard InChI is InChI=1S/C20H26IN5O/c1-13-22-18(12-19(23-13)26(2)3)24-14-8-10-15(11-9-14)25-20(27)16-6-4-5-7-17(16)21/h4-7,12,14-15H,8-11H2,1-3H3,(H,25,27)(H,22,23,24). The topological polar surface area (TPSA) is 70.2 Å². The molecule has 2 aromatic rings. The number of carbonyl (C=O) groups excluding carboxylic acids is 1. The Hall–Kier alpha value is -1.90. The third kappa shape index (κ3) is 5.31. The van der Waals surface area contributed by atoms with Gasteiger partial charge in [-0.15, -0.1) is 0 Å². The van der Waals surface area contributed by atoms with Gasteiger partial charge < -0.3 is 15.5 Å². The summed E-state index contributed by atoms with van der Waals surface area (Å²) in [5.74, 6) is 2.57. The van der Waals surface area contributed by atoms with Crippen LogP contribution in [0.25, 0.3) is 0 Å². The van der Waals surface area contributed by atoms with Crippen molar-refractivity contribution in [1.82, 2.24) is 15.3 Å². The van der Waals surface area contributed by atoms with E-state index in [9.17, 15) is 4.79 Å². The molecule has 0 saturated heterocycles. The zero-order valence-electron chi connectivity index (χ0n) is 16.0. The number of carbonyl (C=O) groups is 1. The lowest BCUT2D eigenvalue weighted by molar-refractivity contribution is 0.0925. The van der Waals surface area contributed by atoms with Gasteiger partial charge in [-0.3, -0.25) is 4.79 Å². The highest BCUT2D eigenvalue weighted by Gasteiger charge is 2.23. The first-order chi connectivity index (χ1) is 12.9. The van der Waals surface area contributed by atoms with Crippen LogP contribution in [0.3, 0.4) is 0 Å². The number of aryl methyl sites for hydroxylation is 1. The minimum atomic E-state index is 0.0264. The van der Waals surface area contributed by atoms with Crippen LogP contribution in [0.15, 0.2) is 30.3 Å². The van der Waals surface area contributed by atoms with Crippen LogP contribution < -0.4 is 15.5 Å². The summed E-state index contributed by atoms with van der Waals surface area (Å²) < 4.78 is 0.985. The van der Waals surface area contributed by atoms with Gasteiger partial charge in [-0.05, 0) is 67.3 Å². The number of benzene rings is 1. The Morgan fingerprint density at radius 1 is 1.11 bits per heavy atom. The maximum Gasteiger partial charge on any atom is 0.252 e. The predicted octanol–water partition coefficient (Wildman–Crippen LogP) is 3.61. The molecular weight excluding hydrogens is 453 g/mol. The van der Waals surface area contributed by atoms with Gasteiger partial charge in [0.05, 0.1) is 5.56 Å². The van der Waals surface area contributed by atoms with Gasteiger partial charge in [0, 0.05) is 35.8 Å². The van der Waals surface area contributed by atoms with Crippen molar-refractivity contribution in [2.75, 3.05) is 24.3 Å². The Bertz CT molecular complexity index is 803. The number of rotatable bonds is 5. The smallest absolute Gasteiger partial charge is 0.252 e. The zero-order chi connectivity index (χ0) is 19.4. The number of anilines is 2. The maximum absolute atomic E-state index is 12.5. The molecule has 0 spiro atoms. The maximum atomic E-state index is 12.5. The molecule has 0 unspecified atom stereocenters. The van der Waals surface area contributed by atoms with E-state index in [1.807, 2.05) is 56.3 Å². The quantitative estimate of drug-likeness (QED) is 0.642. The van der Waals surface area contributed by atoms with Gasteiger partial charge in [-0.2, -0.15) is 0 Å². The van der Waals surface area contributed by atoms with Crippen molar-refractivity contribution in [1.29, 1.82) is 0 Å². The molecule has 1 aliphatic carbocycles. The molecule has 1 aliphatic rings. The van der Waals surface area contributed by atoms with E-state index >= 15 is 0 Å². The lowest BCUT2D eigenvalue weighted by Gasteiger charge is -2.30. The average Bonchev–Trinajstić information content (AvgIpc) is 2.63. The van der Waals surface area contributed by atoms with Gasteiger partial charge in [-0.1, -0.05) is 12.1 Å². The molecule has 0 aliphatic heterocycles. The summed E-state index contributed by atoms with van der Waals surface area (Å²) in [5, 5.41) is 6.73. The van der Waals surface area contributed by atoms with Crippen LogP contribution in [0.5, 0.6) is 0 Å². The number of aromatic nitrogens is 2. The third-order valence-electron chi connectivity index (χ3n) is 4.82. The summed E-state index contributed by atoms with van der Waals surface area (Å²) in [6.07, 6.45) is 3.96. The fourth-order valence-corrected chi connectivity index (χ4v) is 3.99. The number of amides is 1. The van der Waals surface area contributed by atoms with E-state index in [0.29, 0.717) is 6.04 Å². The fourth-order valence-electron chi connectivity index (χ4n) is 3.35. The van der Waals surface area contributed by atoms with E-state index in [2.05, 4.69) is 43.2 Å². The van der Waals surface area contributed by atoms with Gasteiger partial charge in [0.25, 0.3) is 5.91 Å². The molecule has 0 atom stereocenters. The van der Waals surface area contributed by atoms with E-state index in [4.69, 9.17) is 0 Å². The lowest BCUT2D eigenvalue weighted by atomic mass is 9.91. The van der Waals surface area contributed by atoms with Crippen LogP contribution in [-0.2, 0) is 0 Å². The Morgan fingerprint density at radius 2 is 1.78 bits per heavy atom. The average molecular weight is 479 g/mol. The highest BCUT2D eigenvalue weighted by Crippen LogP contribution is 2.23. The Morgan fingerprint density at radius 3 is 2.44 bits per heavy atom. The normalized spacial score (nSPS) is 19.4. The minimum absolute atomic E-state index is 0.0264. The first kappa shape index (κ1) is 19.9. The van der Waals surface area contributed by atoms with Crippen molar-refractivity contribution in [3.8, 4) is 0 Å². The van der Waals surface area contributed by atoms with E-state index in [1.165, 1.54) is 0 Å². The summed E-state index contributed by atoms with van der Waals surface area (Å²) in [7, 11) is 3.96. The third-order valence-corrected chi connectivity index (χ3v) is 5.76. The molecule has 3 rings (SSSR count). The highest BCUT2D eigenvalue weighted by molar-refractivity contribution is 14.1. The molecule has 1 aromatic carbocycles. The molecule has 0 bridgehead atoms. The number of hydrogen-bond acceptors (Lipinski definition) is 5. The molecule has 1 amide bonds. The van der Waals surface area contributed by atoms with Crippen LogP contribution in [0.4, 0.5) is 11.6 Å². The van der Waals surface area contributed by atoms with Crippen LogP contribution in [0.1, 0.15) is 41.9 Å². The number of nitrogens with one attached hydrogen (secondary N) is 2. The van der Waals surface area contributed by atoms with Gasteiger partial charge in [0.1, 0.15) is 17.5 Å². The number of nitrogens with zero attached hydrogens (tertiary/aromatic N) is 3. The van der Waals surface area contributed by atoms with E-state index in [0.717, 1.165) is 52.3 Å². The van der Waals surface area contributed by atoms with E-state index in [-0.39, 0.29) is 11.9 Å². The molecular formula is C20H26IN5O. The second-order valence-electron chi connectivity index (χ2n) is 7.20. The van der Waals surface area contributed by atoms with Gasteiger partial charge in [-0.25, -0.2) is 9.97 Å². The molecule has 144 valence electrons. The molecule has 1 fully saturated rings. The van der Waals surface area contributed by atoms with Crippen molar-refractivity contribution < 1.29 is 4.79 Å². The number of hydrogen-bond donors (Lipinski definition) is 2. The van der Waals surface area contributed by atoms with Crippen molar-refractivity contribution in [2.45, 2.75) is 44.7 Å². The van der Waals surface area contributed by atoms with Gasteiger partial charge in [0.2, 0.25) is 0 Å². The summed E-state index contributed by atoms with van der Waals surface area (Å²) in [6.45, 7) is 1.91. The fraction of sp³-hybridized carbons (Fsp3) is 0.450. The van der Waals surface area contributed by atoms with Crippen molar-refractivity contribution in [3.63, 3.8) is 0 Å². The van der Waals surface area contributed by atoms with Gasteiger partial charge in [0.15, 0.2) is 0 Å². The Kier molecular flexibility index (Phi) is 6.51. The Balaban J connectivity index is 1.53. The van der Waals surface area contributed by atoms with Crippen molar-refractivity contribution >= 4 is 40.1 Å². The minimum Gasteiger partial charge on any atom is -0.367 e. The van der Waals surface area contributed by atoms with Crippen molar-refractivity contribution in [2.24, 2.45) is 0 Å². The first-order valence-corrected chi connectivity index (χ1v) is 10.3. The second-order valence-corrected chi connectivity index (χ2v) is 8.36. The van der Waals surface area contributed by atoms with Gasteiger partial charge >= 0.3 is 0 Å². The van der Waals surface area contributed by atoms with Crippen LogP contribution in [0, 0.1) is 10.5 Å². The zero-order valence-corrected chi connectivity index (χ0v) is 18.2. The number of halogens is 1. The summed E-state index contributed by atoms with van der Waals surface area (Å²) in [5.41, 5.74) is 0.756. The van der Waals surface area contributed by atoms with Crippen LogP contribution in [0.2, 0.25) is 0 Å². The molecule has 7 heteroatoms. The molecule has 2 N–H and O–H groups in total. The molecule has 6 nitrogen and oxygen atoms in total. The first-order valence-electron chi connectivity index (χ1n) is 9.27. The molecule has 1 aromatic heterocycles. The SMILES string of the molecule is Cc1nc(NC2CCC(NC(=O)c3ccccc3I)CC2)cc(N(C)C)n1. The largest absolute Gasteiger partial charge is 0.367 e. The molecule has 0 radical (unpaired) electrons. The Labute approximate surface area is 174 Å². The predicted molar refractivity (Wildman–Crippen MR) is 117 cm³/mol. The molecule has 27 heavy (non-hydrogen) atoms. The second kappa shape index (κ2) is 8.86. The molecule has 1 saturated carbocycles. The van der Waals surface area contributed by atoms with E-state index < -0.39 is 0 Å². The summed E-state index contributed by atoms with van der Waals surface area (Å²) in [6, 6.07) is 10.3. The summed E-state index contributed by atoms with van der Waals surface area (Å²) >= 11 is 2.21. The summed E-state index contributed by atoms with van der Waals surface area (Å²) in [4.78, 5) is 23.4. The monoisotopic (exact) mass is 479 g/mol. The van der Waals surface area contributed by atoms with E-state index in [1.54, 1.807) is 0 Å². The molecule has 1 heterocycles. The lowest BCUT2D eigenvalue weighted by Crippen LogP contribution is -2.40. The van der Waals surface area contributed by atoms with Crippen molar-refractivity contribution in [3.05, 3.63) is 45.3 Å². The highest BCUT2D eigenvalue weighted by atomic mass is 127. The van der Waals surface area contributed by atoms with Crippen LogP contribution in [-0.4, -0.2) is 42.1 Å². The van der Waals surface area contributed by atoms with Crippen LogP contribution >= 0.6 is 22.6 Å².